The Morgan fingerprint density at radius 1 is 0.870 bits per heavy atom. The van der Waals surface area contributed by atoms with Crippen molar-refractivity contribution in [3.8, 4) is 30.4 Å². The molecule has 0 amide bonds. The van der Waals surface area contributed by atoms with Gasteiger partial charge < -0.3 is 4.52 Å². The molecule has 124 valence electrons. The molecular weight excluding hydrogens is 311 g/mol. The summed E-state index contributed by atoms with van der Waals surface area (Å²) in [6.07, 6.45) is 14.7. The Balaban J connectivity index is 2.50. The first-order valence-corrected chi connectivity index (χ1v) is 9.17. The summed E-state index contributed by atoms with van der Waals surface area (Å²) in [5, 5.41) is 0. The SMILES string of the molecule is C#CCCCCOP(=O)(OCCCCC#C)Oc1ccccc1. The Morgan fingerprint density at radius 2 is 1.39 bits per heavy atom. The number of terminal acetylenes is 2. The van der Waals surface area contributed by atoms with Gasteiger partial charge in [-0.25, -0.2) is 4.57 Å². The molecule has 0 spiro atoms. The molecule has 0 atom stereocenters. The third-order valence-corrected chi connectivity index (χ3v) is 4.32. The Morgan fingerprint density at radius 3 is 1.87 bits per heavy atom. The zero-order chi connectivity index (χ0) is 16.8. The van der Waals surface area contributed by atoms with Crippen LogP contribution in [-0.4, -0.2) is 13.2 Å². The maximum atomic E-state index is 12.7. The van der Waals surface area contributed by atoms with Gasteiger partial charge in [-0.15, -0.1) is 24.7 Å². The van der Waals surface area contributed by atoms with Crippen LogP contribution in [-0.2, 0) is 13.6 Å². The van der Waals surface area contributed by atoms with Crippen molar-refractivity contribution in [2.24, 2.45) is 0 Å². The molecule has 23 heavy (non-hydrogen) atoms. The van der Waals surface area contributed by atoms with Gasteiger partial charge in [0.05, 0.1) is 13.2 Å². The van der Waals surface area contributed by atoms with Gasteiger partial charge in [0.25, 0.3) is 0 Å². The van der Waals surface area contributed by atoms with E-state index in [2.05, 4.69) is 11.8 Å². The number of unbranched alkanes of at least 4 members (excludes halogenated alkanes) is 4. The van der Waals surface area contributed by atoms with Crippen LogP contribution >= 0.6 is 7.82 Å². The van der Waals surface area contributed by atoms with Gasteiger partial charge in [0.1, 0.15) is 5.75 Å². The van der Waals surface area contributed by atoms with Crippen LogP contribution in [0.15, 0.2) is 30.3 Å². The molecule has 0 aromatic heterocycles. The highest BCUT2D eigenvalue weighted by Crippen LogP contribution is 2.49. The fourth-order valence-corrected chi connectivity index (χ4v) is 2.98. The van der Waals surface area contributed by atoms with E-state index in [9.17, 15) is 4.57 Å². The van der Waals surface area contributed by atoms with Gasteiger partial charge in [-0.2, -0.15) is 0 Å². The monoisotopic (exact) mass is 334 g/mol. The van der Waals surface area contributed by atoms with Crippen molar-refractivity contribution in [2.75, 3.05) is 13.2 Å². The predicted molar refractivity (Wildman–Crippen MR) is 91.9 cm³/mol. The highest BCUT2D eigenvalue weighted by atomic mass is 31.2. The minimum Gasteiger partial charge on any atom is -0.404 e. The van der Waals surface area contributed by atoms with Crippen LogP contribution in [0, 0.1) is 24.7 Å². The van der Waals surface area contributed by atoms with Crippen molar-refractivity contribution in [3.63, 3.8) is 0 Å². The van der Waals surface area contributed by atoms with E-state index in [1.54, 1.807) is 24.3 Å². The molecule has 5 heteroatoms. The first kappa shape index (κ1) is 19.3. The Hall–Kier alpha value is -1.71. The zero-order valence-electron chi connectivity index (χ0n) is 13.3. The van der Waals surface area contributed by atoms with Gasteiger partial charge >= 0.3 is 7.82 Å². The molecule has 1 aromatic carbocycles. The zero-order valence-corrected chi connectivity index (χ0v) is 14.2. The first-order chi connectivity index (χ1) is 11.2. The Labute approximate surface area is 139 Å². The van der Waals surface area contributed by atoms with Gasteiger partial charge in [0.15, 0.2) is 0 Å². The van der Waals surface area contributed by atoms with Crippen LogP contribution in [0.3, 0.4) is 0 Å². The highest BCUT2D eigenvalue weighted by molar-refractivity contribution is 7.48. The normalized spacial score (nSPS) is 10.7. The lowest BCUT2D eigenvalue weighted by molar-refractivity contribution is 0.151. The second kappa shape index (κ2) is 11.8. The summed E-state index contributed by atoms with van der Waals surface area (Å²) in [5.74, 6) is 5.56. The van der Waals surface area contributed by atoms with Gasteiger partial charge in [0, 0.05) is 12.8 Å². The summed E-state index contributed by atoms with van der Waals surface area (Å²) in [6, 6.07) is 8.84. The minimum absolute atomic E-state index is 0.274. The largest absolute Gasteiger partial charge is 0.530 e. The lowest BCUT2D eigenvalue weighted by Crippen LogP contribution is -2.05. The molecular formula is C18H23O4P. The maximum absolute atomic E-state index is 12.7. The molecule has 1 rings (SSSR count). The third kappa shape index (κ3) is 9.11. The molecule has 0 aliphatic rings. The molecule has 0 radical (unpaired) electrons. The van der Waals surface area contributed by atoms with Crippen molar-refractivity contribution >= 4 is 7.82 Å². The summed E-state index contributed by atoms with van der Waals surface area (Å²) in [6.45, 7) is 0.548. The van der Waals surface area contributed by atoms with Crippen molar-refractivity contribution in [1.29, 1.82) is 0 Å². The van der Waals surface area contributed by atoms with E-state index in [1.165, 1.54) is 0 Å². The van der Waals surface area contributed by atoms with E-state index < -0.39 is 7.82 Å². The number of hydrogen-bond donors (Lipinski definition) is 0. The molecule has 0 fully saturated rings. The number of hydrogen-bond acceptors (Lipinski definition) is 4. The van der Waals surface area contributed by atoms with Crippen molar-refractivity contribution < 1.29 is 18.1 Å². The van der Waals surface area contributed by atoms with Crippen LogP contribution in [0.4, 0.5) is 0 Å². The molecule has 0 unspecified atom stereocenters. The molecule has 1 aromatic rings. The number of rotatable bonds is 12. The molecule has 0 heterocycles. The van der Waals surface area contributed by atoms with Gasteiger partial charge in [-0.3, -0.25) is 9.05 Å². The summed E-state index contributed by atoms with van der Waals surface area (Å²) in [4.78, 5) is 0. The predicted octanol–water partition coefficient (Wildman–Crippen LogP) is 4.81. The minimum atomic E-state index is -3.64. The van der Waals surface area contributed by atoms with Crippen molar-refractivity contribution in [2.45, 2.75) is 38.5 Å². The molecule has 0 saturated heterocycles. The van der Waals surface area contributed by atoms with Crippen LogP contribution in [0.25, 0.3) is 0 Å². The van der Waals surface area contributed by atoms with E-state index in [0.717, 1.165) is 12.8 Å². The summed E-state index contributed by atoms with van der Waals surface area (Å²) in [7, 11) is -3.64. The van der Waals surface area contributed by atoms with Crippen LogP contribution < -0.4 is 4.52 Å². The topological polar surface area (TPSA) is 44.8 Å². The highest BCUT2D eigenvalue weighted by Gasteiger charge is 2.28. The molecule has 0 bridgehead atoms. The van der Waals surface area contributed by atoms with Crippen molar-refractivity contribution in [3.05, 3.63) is 30.3 Å². The lowest BCUT2D eigenvalue weighted by atomic mass is 10.2. The second-order valence-corrected chi connectivity index (χ2v) is 6.43. The van der Waals surface area contributed by atoms with Crippen molar-refractivity contribution in [1.82, 2.24) is 0 Å². The summed E-state index contributed by atoms with van der Waals surface area (Å²) in [5.41, 5.74) is 0. The quantitative estimate of drug-likeness (QED) is 0.312. The molecule has 0 saturated carbocycles. The fraction of sp³-hybridized carbons (Fsp3) is 0.444. The smallest absolute Gasteiger partial charge is 0.404 e. The Bertz CT molecular complexity index is 529. The summed E-state index contributed by atoms with van der Waals surface area (Å²) >= 11 is 0. The number of phosphoric ester groups is 1. The van der Waals surface area contributed by atoms with Gasteiger partial charge in [-0.1, -0.05) is 18.2 Å². The number of benzene rings is 1. The fourth-order valence-electron chi connectivity index (χ4n) is 1.71. The van der Waals surface area contributed by atoms with E-state index >= 15 is 0 Å². The van der Waals surface area contributed by atoms with E-state index in [-0.39, 0.29) is 13.2 Å². The number of para-hydroxylation sites is 1. The summed E-state index contributed by atoms with van der Waals surface area (Å²) < 4.78 is 28.9. The van der Waals surface area contributed by atoms with Gasteiger partial charge in [0.2, 0.25) is 0 Å². The van der Waals surface area contributed by atoms with E-state index in [0.29, 0.717) is 31.4 Å². The Kier molecular flexibility index (Phi) is 9.92. The average molecular weight is 334 g/mol. The molecule has 0 N–H and O–H groups in total. The first-order valence-electron chi connectivity index (χ1n) is 7.71. The maximum Gasteiger partial charge on any atom is 0.530 e. The van der Waals surface area contributed by atoms with E-state index in [4.69, 9.17) is 26.4 Å². The second-order valence-electron chi connectivity index (χ2n) is 4.84. The molecule has 0 aliphatic carbocycles. The standard InChI is InChI=1S/C18H23O4P/c1-3-5-7-12-16-20-23(19,21-17-13-8-6-4-2)22-18-14-10-9-11-15-18/h1-2,9-11,14-15H,5-8,12-13,16-17H2. The third-order valence-electron chi connectivity index (χ3n) is 2.89. The van der Waals surface area contributed by atoms with Gasteiger partial charge in [-0.05, 0) is 37.8 Å². The number of phosphoric acid groups is 1. The lowest BCUT2D eigenvalue weighted by Gasteiger charge is -2.18. The average Bonchev–Trinajstić information content (AvgIpc) is 2.55. The van der Waals surface area contributed by atoms with Crippen LogP contribution in [0.1, 0.15) is 38.5 Å². The van der Waals surface area contributed by atoms with Crippen LogP contribution in [0.2, 0.25) is 0 Å². The van der Waals surface area contributed by atoms with E-state index in [1.807, 2.05) is 6.07 Å². The molecule has 0 aliphatic heterocycles. The van der Waals surface area contributed by atoms with Crippen LogP contribution in [0.5, 0.6) is 5.75 Å². The molecule has 4 nitrogen and oxygen atoms in total.